The third-order valence-electron chi connectivity index (χ3n) is 7.40. The summed E-state index contributed by atoms with van der Waals surface area (Å²) in [4.78, 5) is 28.8. The van der Waals surface area contributed by atoms with Crippen LogP contribution in [0.15, 0.2) is 36.7 Å². The van der Waals surface area contributed by atoms with E-state index in [1.165, 1.54) is 0 Å². The molecule has 3 aromatic rings. The van der Waals surface area contributed by atoms with Gasteiger partial charge in [-0.1, -0.05) is 19.9 Å². The number of piperidine rings is 1. The summed E-state index contributed by atoms with van der Waals surface area (Å²) in [6.45, 7) is 4.97. The number of amides is 1. The Hall–Kier alpha value is -3.53. The molecule has 1 amide bonds. The molecule has 0 spiro atoms. The van der Waals surface area contributed by atoms with Gasteiger partial charge in [-0.2, -0.15) is 4.98 Å². The molecule has 0 saturated carbocycles. The Morgan fingerprint density at radius 2 is 2.08 bits per heavy atom. The van der Waals surface area contributed by atoms with E-state index in [1.54, 1.807) is 28.3 Å². The zero-order chi connectivity index (χ0) is 29.3. The van der Waals surface area contributed by atoms with Crippen molar-refractivity contribution in [2.75, 3.05) is 44.0 Å². The number of methoxy groups -OCH3 is 1. The third-order valence-corrected chi connectivity index (χ3v) is 7.40. The van der Waals surface area contributed by atoms with Crippen molar-refractivity contribution in [1.82, 2.24) is 19.9 Å². The van der Waals surface area contributed by atoms with Gasteiger partial charge in [0.1, 0.15) is 30.2 Å². The van der Waals surface area contributed by atoms with Gasteiger partial charge in [-0.3, -0.25) is 4.79 Å². The minimum absolute atomic E-state index is 0.0516. The first kappa shape index (κ1) is 22.5. The summed E-state index contributed by atoms with van der Waals surface area (Å²) in [5, 5.41) is 5.11. The lowest BCUT2D eigenvalue weighted by Crippen LogP contribution is -2.46. The molecule has 10 heteroatoms. The number of alkyl halides is 1. The minimum Gasteiger partial charge on any atom is -0.491 e. The van der Waals surface area contributed by atoms with Crippen LogP contribution < -0.4 is 15.0 Å². The quantitative estimate of drug-likeness (QED) is 0.461. The van der Waals surface area contributed by atoms with Crippen molar-refractivity contribution in [2.45, 2.75) is 57.3 Å². The third kappa shape index (κ3) is 5.36. The van der Waals surface area contributed by atoms with Crippen LogP contribution in [0.3, 0.4) is 0 Å². The van der Waals surface area contributed by atoms with E-state index in [4.69, 9.17) is 13.6 Å². The molecule has 2 fully saturated rings. The molecule has 2 aliphatic rings. The number of anilines is 3. The van der Waals surface area contributed by atoms with Gasteiger partial charge >= 0.3 is 0 Å². The zero-order valence-corrected chi connectivity index (χ0v) is 21.9. The van der Waals surface area contributed by atoms with Crippen molar-refractivity contribution in [3.63, 3.8) is 0 Å². The summed E-state index contributed by atoms with van der Waals surface area (Å²) in [5.74, 6) is 2.52. The molecule has 0 radical (unpaired) electrons. The number of pyridine rings is 1. The van der Waals surface area contributed by atoms with E-state index >= 15 is 0 Å². The van der Waals surface area contributed by atoms with Crippen LogP contribution in [0.1, 0.15) is 48.7 Å². The SMILES string of the molecule is [2H]C([2H])([2H])O[C@@H]1CCN(c2nccc(Nc3cc4c(C(C)C)ccc(OC[C@H]5CCC(=O)N5C)c4cn3)n2)C[C@@H]1F. The Balaban J connectivity index is 1.32. The summed E-state index contributed by atoms with van der Waals surface area (Å²) < 4.78 is 47.5. The Labute approximate surface area is 226 Å². The second-order valence-corrected chi connectivity index (χ2v) is 10.2. The second kappa shape index (κ2) is 11.1. The first-order chi connectivity index (χ1) is 19.5. The number of likely N-dealkylation sites (N-methyl/N-ethyl adjacent to an activating group) is 1. The molecule has 2 aliphatic heterocycles. The van der Waals surface area contributed by atoms with Crippen molar-refractivity contribution < 1.29 is 22.8 Å². The molecule has 0 aliphatic carbocycles. The molecule has 38 heavy (non-hydrogen) atoms. The first-order valence-corrected chi connectivity index (χ1v) is 13.0. The zero-order valence-electron chi connectivity index (χ0n) is 24.9. The van der Waals surface area contributed by atoms with Gasteiger partial charge in [0, 0.05) is 44.8 Å². The fourth-order valence-corrected chi connectivity index (χ4v) is 5.08. The van der Waals surface area contributed by atoms with E-state index in [-0.39, 0.29) is 30.8 Å². The predicted octanol–water partition coefficient (Wildman–Crippen LogP) is 4.45. The summed E-state index contributed by atoms with van der Waals surface area (Å²) in [5.41, 5.74) is 1.14. The Bertz CT molecular complexity index is 1410. The summed E-state index contributed by atoms with van der Waals surface area (Å²) >= 11 is 0. The van der Waals surface area contributed by atoms with Crippen molar-refractivity contribution in [2.24, 2.45) is 0 Å². The standard InChI is InChI=1S/C28H35FN6O3/c1-17(2)19-6-7-23(38-16-18-5-8-27(36)34(18)3)21-14-31-26(13-20(19)21)32-25-9-11-30-28(33-25)35-12-10-24(37-4)22(29)15-35/h6-7,9,11,13-14,17-18,22,24H,5,8,10,12,15-16H2,1-4H3,(H,30,31,32,33)/t18-,22+,24-/m1/s1/i4D3. The number of likely N-dealkylation sites (tertiary alicyclic amines) is 1. The molecule has 0 bridgehead atoms. The number of halogens is 1. The highest BCUT2D eigenvalue weighted by Crippen LogP contribution is 2.34. The maximum atomic E-state index is 14.7. The summed E-state index contributed by atoms with van der Waals surface area (Å²) in [6.07, 6.45) is 2.42. The molecule has 202 valence electrons. The second-order valence-electron chi connectivity index (χ2n) is 10.2. The number of rotatable bonds is 8. The van der Waals surface area contributed by atoms with Gasteiger partial charge in [-0.05, 0) is 47.9 Å². The van der Waals surface area contributed by atoms with Gasteiger partial charge in [0.05, 0.1) is 22.8 Å². The number of ether oxygens (including phenoxy) is 2. The lowest BCUT2D eigenvalue weighted by Gasteiger charge is -2.33. The van der Waals surface area contributed by atoms with E-state index < -0.39 is 19.3 Å². The predicted molar refractivity (Wildman–Crippen MR) is 145 cm³/mol. The molecule has 2 aromatic heterocycles. The lowest BCUT2D eigenvalue weighted by atomic mass is 9.96. The fraction of sp³-hybridized carbons (Fsp3) is 0.500. The monoisotopic (exact) mass is 525 g/mol. The number of aromatic nitrogens is 3. The molecule has 0 unspecified atom stereocenters. The van der Waals surface area contributed by atoms with Crippen molar-refractivity contribution in [3.05, 3.63) is 42.2 Å². The number of fused-ring (bicyclic) bond motifs is 1. The van der Waals surface area contributed by atoms with Crippen LogP contribution in [0.25, 0.3) is 10.8 Å². The number of carbonyl (C=O) groups is 1. The molecule has 1 aromatic carbocycles. The maximum absolute atomic E-state index is 14.7. The average molecular weight is 526 g/mol. The molecule has 4 heterocycles. The molecular formula is C28H35FN6O3. The Morgan fingerprint density at radius 3 is 2.82 bits per heavy atom. The van der Waals surface area contributed by atoms with Gasteiger partial charge in [-0.25, -0.2) is 14.4 Å². The number of hydrogen-bond donors (Lipinski definition) is 1. The molecule has 9 nitrogen and oxygen atoms in total. The van der Waals surface area contributed by atoms with Crippen LogP contribution >= 0.6 is 0 Å². The first-order valence-electron chi connectivity index (χ1n) is 14.5. The highest BCUT2D eigenvalue weighted by molar-refractivity contribution is 5.92. The normalized spacial score (nSPS) is 23.4. The van der Waals surface area contributed by atoms with Gasteiger partial charge < -0.3 is 24.6 Å². The van der Waals surface area contributed by atoms with E-state index in [1.807, 2.05) is 19.2 Å². The van der Waals surface area contributed by atoms with E-state index in [0.29, 0.717) is 42.9 Å². The number of nitrogens with one attached hydrogen (secondary N) is 1. The highest BCUT2D eigenvalue weighted by Gasteiger charge is 2.30. The van der Waals surface area contributed by atoms with Crippen molar-refractivity contribution in [3.8, 4) is 5.75 Å². The van der Waals surface area contributed by atoms with Gasteiger partial charge in [0.2, 0.25) is 11.9 Å². The van der Waals surface area contributed by atoms with Crippen LogP contribution in [0.5, 0.6) is 5.75 Å². The minimum atomic E-state index is -2.64. The molecule has 3 atom stereocenters. The van der Waals surface area contributed by atoms with Gasteiger partial charge in [0.15, 0.2) is 0 Å². The van der Waals surface area contributed by atoms with E-state index in [2.05, 4.69) is 40.2 Å². The number of carbonyl (C=O) groups excluding carboxylic acids is 1. The van der Waals surface area contributed by atoms with Crippen LogP contribution in [0.4, 0.5) is 22.0 Å². The van der Waals surface area contributed by atoms with E-state index in [9.17, 15) is 9.18 Å². The van der Waals surface area contributed by atoms with Crippen LogP contribution in [-0.4, -0.2) is 77.9 Å². The molecule has 1 N–H and O–H groups in total. The van der Waals surface area contributed by atoms with Crippen LogP contribution in [0, 0.1) is 0 Å². The lowest BCUT2D eigenvalue weighted by molar-refractivity contribution is -0.127. The highest BCUT2D eigenvalue weighted by atomic mass is 19.1. The van der Waals surface area contributed by atoms with Crippen molar-refractivity contribution in [1.29, 1.82) is 0 Å². The summed E-state index contributed by atoms with van der Waals surface area (Å²) in [7, 11) is -0.825. The number of hydrogen-bond acceptors (Lipinski definition) is 8. The largest absolute Gasteiger partial charge is 0.491 e. The fourth-order valence-electron chi connectivity index (χ4n) is 5.08. The van der Waals surface area contributed by atoms with Gasteiger partial charge in [0.25, 0.3) is 0 Å². The average Bonchev–Trinajstić information content (AvgIpc) is 3.24. The van der Waals surface area contributed by atoms with Crippen LogP contribution in [0.2, 0.25) is 0 Å². The molecule has 5 rings (SSSR count). The topological polar surface area (TPSA) is 92.7 Å². The maximum Gasteiger partial charge on any atom is 0.227 e. The Kier molecular flexibility index (Phi) is 6.54. The summed E-state index contributed by atoms with van der Waals surface area (Å²) in [6, 6.07) is 7.74. The smallest absolute Gasteiger partial charge is 0.227 e. The van der Waals surface area contributed by atoms with Crippen LogP contribution in [-0.2, 0) is 9.53 Å². The molecule has 2 saturated heterocycles. The molecular weight excluding hydrogens is 487 g/mol. The number of nitrogens with zero attached hydrogens (tertiary/aromatic N) is 5. The number of benzene rings is 1. The van der Waals surface area contributed by atoms with E-state index in [0.717, 1.165) is 22.8 Å². The van der Waals surface area contributed by atoms with Crippen molar-refractivity contribution >= 4 is 34.3 Å². The van der Waals surface area contributed by atoms with Gasteiger partial charge in [-0.15, -0.1) is 0 Å². The Morgan fingerprint density at radius 1 is 1.21 bits per heavy atom.